The smallest absolute Gasteiger partial charge is 0.319 e. The van der Waals surface area contributed by atoms with Crippen LogP contribution in [0.25, 0.3) is 33.1 Å². The molecule has 1 aromatic carbocycles. The number of nitrogens with one attached hydrogen (secondary N) is 1. The van der Waals surface area contributed by atoms with Crippen molar-refractivity contribution >= 4 is 27.6 Å². The Labute approximate surface area is 271 Å². The minimum absolute atomic E-state index is 0.0469. The lowest BCUT2D eigenvalue weighted by molar-refractivity contribution is -0.145. The summed E-state index contributed by atoms with van der Waals surface area (Å²) in [5, 5.41) is 20.0. The van der Waals surface area contributed by atoms with Crippen molar-refractivity contribution in [2.45, 2.75) is 82.0 Å². The van der Waals surface area contributed by atoms with Gasteiger partial charge in [0.25, 0.3) is 0 Å². The third-order valence-electron chi connectivity index (χ3n) is 11.8. The Balaban J connectivity index is 1.20. The number of anilines is 1. The zero-order valence-corrected chi connectivity index (χ0v) is 26.8. The van der Waals surface area contributed by atoms with E-state index in [1.54, 1.807) is 12.4 Å². The zero-order valence-electron chi connectivity index (χ0n) is 26.8. The van der Waals surface area contributed by atoms with Crippen LogP contribution in [0.1, 0.15) is 62.5 Å². The van der Waals surface area contributed by atoms with Gasteiger partial charge in [-0.1, -0.05) is 0 Å². The number of H-pyrrole nitrogens is 1. The predicted molar refractivity (Wildman–Crippen MR) is 173 cm³/mol. The van der Waals surface area contributed by atoms with Crippen LogP contribution in [0, 0.1) is 18.2 Å². The number of aromatic nitrogens is 5. The van der Waals surface area contributed by atoms with E-state index in [1.807, 2.05) is 13.0 Å². The number of rotatable bonds is 3. The van der Waals surface area contributed by atoms with Crippen molar-refractivity contribution in [2.24, 2.45) is 5.41 Å². The summed E-state index contributed by atoms with van der Waals surface area (Å²) in [4.78, 5) is 18.8. The van der Waals surface area contributed by atoms with Gasteiger partial charge in [-0.25, -0.2) is 8.78 Å². The lowest BCUT2D eigenvalue weighted by Gasteiger charge is -2.57. The number of alkyl halides is 1. The van der Waals surface area contributed by atoms with E-state index in [9.17, 15) is 9.50 Å². The number of hydrogen-bond donors (Lipinski definition) is 2. The van der Waals surface area contributed by atoms with Gasteiger partial charge in [-0.05, 0) is 87.4 Å². The van der Waals surface area contributed by atoms with Gasteiger partial charge in [-0.2, -0.15) is 15.1 Å². The van der Waals surface area contributed by atoms with Gasteiger partial charge in [-0.3, -0.25) is 15.0 Å². The number of benzene rings is 1. The minimum Gasteiger partial charge on any atom is -0.461 e. The van der Waals surface area contributed by atoms with Gasteiger partial charge in [0.15, 0.2) is 5.82 Å². The first-order chi connectivity index (χ1) is 22.7. The van der Waals surface area contributed by atoms with Crippen molar-refractivity contribution in [3.8, 4) is 17.3 Å². The molecule has 4 aromatic rings. The molecule has 1 spiro atoms. The van der Waals surface area contributed by atoms with E-state index in [0.717, 1.165) is 60.8 Å². The number of hydrogen-bond acceptors (Lipinski definition) is 9. The third-order valence-corrected chi connectivity index (χ3v) is 11.8. The molecule has 9 heterocycles. The standard InChI is InChI=1S/C35H41F2N7O3/c1-21-12-26-24(15-39-42-26)27-23(21)4-10-46-11-7-35(45)17-33(18-35)5-2-8-43(19-33)31-25-14-38-30(27)28(37)29(25)40-32(41-31)47-20-34-6-3-9-44(34)16-22(36)13-34/h12,14-15,22,45H,2-11,13,16-20H2,1H3,(H,39,42)/t22-,33?,34+,35?/m1/s1. The monoisotopic (exact) mass is 645 g/mol. The summed E-state index contributed by atoms with van der Waals surface area (Å²) in [6.45, 7) is 5.88. The molecule has 2 atom stereocenters. The van der Waals surface area contributed by atoms with Crippen LogP contribution in [-0.2, 0) is 11.2 Å². The average molecular weight is 646 g/mol. The van der Waals surface area contributed by atoms with E-state index in [-0.39, 0.29) is 34.8 Å². The highest BCUT2D eigenvalue weighted by atomic mass is 19.1. The SMILES string of the molecule is Cc1cc2[nH]ncc2c2c1CCOCCC1(O)CC3(CCCN(C3)c3nc(OC[C@@]45CCCN4C[C@H](F)C5)nc4c(F)c-2ncc34)C1. The van der Waals surface area contributed by atoms with Crippen LogP contribution in [0.2, 0.25) is 0 Å². The van der Waals surface area contributed by atoms with Crippen molar-refractivity contribution < 1.29 is 23.4 Å². The van der Waals surface area contributed by atoms with Gasteiger partial charge in [0.05, 0.1) is 34.8 Å². The fourth-order valence-corrected chi connectivity index (χ4v) is 9.75. The highest BCUT2D eigenvalue weighted by molar-refractivity contribution is 5.99. The first-order valence-corrected chi connectivity index (χ1v) is 17.1. The summed E-state index contributed by atoms with van der Waals surface area (Å²) < 4.78 is 44.1. The number of aromatic amines is 1. The Morgan fingerprint density at radius 1 is 1.11 bits per heavy atom. The Kier molecular flexibility index (Phi) is 6.79. The van der Waals surface area contributed by atoms with Crippen LogP contribution in [-0.4, -0.2) is 98.5 Å². The maximum atomic E-state index is 17.1. The van der Waals surface area contributed by atoms with Gasteiger partial charge in [0.2, 0.25) is 0 Å². The summed E-state index contributed by atoms with van der Waals surface area (Å²) >= 11 is 0. The number of pyridine rings is 1. The van der Waals surface area contributed by atoms with Gasteiger partial charge >= 0.3 is 6.01 Å². The Morgan fingerprint density at radius 3 is 2.87 bits per heavy atom. The van der Waals surface area contributed by atoms with E-state index in [4.69, 9.17) is 24.4 Å². The fraction of sp³-hybridized carbons (Fsp3) is 0.600. The maximum Gasteiger partial charge on any atom is 0.319 e. The Bertz CT molecular complexity index is 1880. The Hall–Kier alpha value is -3.48. The summed E-state index contributed by atoms with van der Waals surface area (Å²) in [6, 6.07) is 2.12. The van der Waals surface area contributed by atoms with E-state index in [2.05, 4.69) is 20.0 Å². The number of piperidine rings is 1. The summed E-state index contributed by atoms with van der Waals surface area (Å²) in [6.07, 6.45) is 9.30. The van der Waals surface area contributed by atoms with Crippen molar-refractivity contribution in [3.63, 3.8) is 0 Å². The molecule has 3 saturated heterocycles. The van der Waals surface area contributed by atoms with Gasteiger partial charge in [0, 0.05) is 49.8 Å². The number of aliphatic hydroxyl groups is 1. The molecule has 0 unspecified atom stereocenters. The van der Waals surface area contributed by atoms with Crippen molar-refractivity contribution in [3.05, 3.63) is 35.4 Å². The Morgan fingerprint density at radius 2 is 1.98 bits per heavy atom. The molecular weight excluding hydrogens is 604 g/mol. The number of aryl methyl sites for hydroxylation is 1. The highest BCUT2D eigenvalue weighted by Gasteiger charge is 2.55. The largest absolute Gasteiger partial charge is 0.461 e. The predicted octanol–water partition coefficient (Wildman–Crippen LogP) is 5.05. The van der Waals surface area contributed by atoms with Crippen LogP contribution in [0.3, 0.4) is 0 Å². The molecule has 6 aliphatic heterocycles. The second-order valence-corrected chi connectivity index (χ2v) is 15.0. The third kappa shape index (κ3) is 4.81. The van der Waals surface area contributed by atoms with Gasteiger partial charge < -0.3 is 19.5 Å². The average Bonchev–Trinajstić information content (AvgIpc) is 3.73. The lowest BCUT2D eigenvalue weighted by Crippen LogP contribution is -2.59. The molecule has 7 bridgehead atoms. The second-order valence-electron chi connectivity index (χ2n) is 15.0. The van der Waals surface area contributed by atoms with E-state index >= 15 is 4.39 Å². The lowest BCUT2D eigenvalue weighted by atomic mass is 9.55. The second kappa shape index (κ2) is 10.8. The van der Waals surface area contributed by atoms with Crippen LogP contribution in [0.15, 0.2) is 18.5 Å². The molecule has 4 fully saturated rings. The first-order valence-electron chi connectivity index (χ1n) is 17.1. The maximum absolute atomic E-state index is 17.1. The topological polar surface area (TPSA) is 113 Å². The summed E-state index contributed by atoms with van der Waals surface area (Å²) in [7, 11) is 0. The van der Waals surface area contributed by atoms with Crippen LogP contribution < -0.4 is 9.64 Å². The molecule has 11 rings (SSSR count). The molecule has 0 radical (unpaired) electrons. The molecule has 7 aliphatic rings. The number of nitrogens with zero attached hydrogens (tertiary/aromatic N) is 6. The van der Waals surface area contributed by atoms with Crippen LogP contribution in [0.5, 0.6) is 6.01 Å². The highest BCUT2D eigenvalue weighted by Crippen LogP contribution is 2.55. The summed E-state index contributed by atoms with van der Waals surface area (Å²) in [5.74, 6) is 0.0595. The molecule has 1 saturated carbocycles. The zero-order chi connectivity index (χ0) is 32.0. The summed E-state index contributed by atoms with van der Waals surface area (Å²) in [5.41, 5.74) is 2.55. The minimum atomic E-state index is -0.881. The quantitative estimate of drug-likeness (QED) is 0.316. The molecule has 3 aromatic heterocycles. The van der Waals surface area contributed by atoms with E-state index in [1.165, 1.54) is 0 Å². The molecule has 2 N–H and O–H groups in total. The van der Waals surface area contributed by atoms with E-state index < -0.39 is 17.6 Å². The number of ether oxygens (including phenoxy) is 2. The molecule has 47 heavy (non-hydrogen) atoms. The fourth-order valence-electron chi connectivity index (χ4n) is 9.75. The molecule has 248 valence electrons. The van der Waals surface area contributed by atoms with Crippen molar-refractivity contribution in [1.29, 1.82) is 0 Å². The van der Waals surface area contributed by atoms with Crippen LogP contribution >= 0.6 is 0 Å². The van der Waals surface area contributed by atoms with Gasteiger partial charge in [-0.15, -0.1) is 0 Å². The van der Waals surface area contributed by atoms with Gasteiger partial charge in [0.1, 0.15) is 29.8 Å². The molecule has 10 nitrogen and oxygen atoms in total. The number of halogens is 2. The molecule has 1 aliphatic carbocycles. The van der Waals surface area contributed by atoms with Crippen LogP contribution in [0.4, 0.5) is 14.6 Å². The first kappa shape index (κ1) is 29.6. The normalized spacial score (nSPS) is 30.9. The number of fused-ring (bicyclic) bond motifs is 2. The van der Waals surface area contributed by atoms with Crippen molar-refractivity contribution in [1.82, 2.24) is 30.0 Å². The van der Waals surface area contributed by atoms with E-state index in [0.29, 0.717) is 75.2 Å². The molecule has 0 amide bonds. The van der Waals surface area contributed by atoms with Crippen molar-refractivity contribution in [2.75, 3.05) is 50.9 Å². The molecule has 12 heteroatoms. The molecular formula is C35H41F2N7O3.